The molecule has 0 radical (unpaired) electrons. The average molecular weight is 363 g/mol. The number of halogens is 2. The van der Waals surface area contributed by atoms with E-state index in [1.807, 2.05) is 19.1 Å². The number of carbonyl (C=O) groups is 2. The summed E-state index contributed by atoms with van der Waals surface area (Å²) in [4.78, 5) is 26.3. The van der Waals surface area contributed by atoms with Crippen molar-refractivity contribution in [3.8, 4) is 0 Å². The van der Waals surface area contributed by atoms with Crippen LogP contribution in [0.25, 0.3) is 0 Å². The lowest BCUT2D eigenvalue weighted by Gasteiger charge is -2.17. The van der Waals surface area contributed by atoms with Gasteiger partial charge in [0.1, 0.15) is 0 Å². The van der Waals surface area contributed by atoms with E-state index in [0.29, 0.717) is 22.3 Å². The average Bonchev–Trinajstić information content (AvgIpc) is 2.94. The maximum atomic E-state index is 12.4. The molecular formula is C18H16Cl2N2O2. The second kappa shape index (κ2) is 6.83. The number of nitrogens with one attached hydrogen (secondary N) is 1. The smallest absolute Gasteiger partial charge is 0.229 e. The molecule has 2 aromatic carbocycles. The third-order valence-electron chi connectivity index (χ3n) is 4.07. The Morgan fingerprint density at radius 3 is 2.54 bits per heavy atom. The molecule has 0 spiro atoms. The molecule has 6 heteroatoms. The highest BCUT2D eigenvalue weighted by Gasteiger charge is 2.35. The lowest BCUT2D eigenvalue weighted by molar-refractivity contribution is -0.122. The minimum absolute atomic E-state index is 0.0776. The fourth-order valence-corrected chi connectivity index (χ4v) is 2.96. The molecule has 0 aliphatic carbocycles. The van der Waals surface area contributed by atoms with Crippen molar-refractivity contribution in [1.29, 1.82) is 0 Å². The van der Waals surface area contributed by atoms with Gasteiger partial charge in [-0.25, -0.2) is 0 Å². The summed E-state index contributed by atoms with van der Waals surface area (Å²) >= 11 is 12.0. The number of amides is 2. The zero-order valence-electron chi connectivity index (χ0n) is 13.1. The number of aryl methyl sites for hydroxylation is 1. The highest BCUT2D eigenvalue weighted by atomic mass is 35.5. The topological polar surface area (TPSA) is 49.4 Å². The van der Waals surface area contributed by atoms with Crippen molar-refractivity contribution in [3.63, 3.8) is 0 Å². The quantitative estimate of drug-likeness (QED) is 0.884. The summed E-state index contributed by atoms with van der Waals surface area (Å²) in [6.07, 6.45) is 0.185. The number of rotatable bonds is 3. The molecular weight excluding hydrogens is 347 g/mol. The highest BCUT2D eigenvalue weighted by molar-refractivity contribution is 6.31. The van der Waals surface area contributed by atoms with Crippen LogP contribution in [0.2, 0.25) is 10.0 Å². The SMILES string of the molecule is Cc1ccc(N2C[C@H](C(=O)Nc3ccc(Cl)cc3)CC2=O)cc1Cl. The number of hydrogen-bond acceptors (Lipinski definition) is 2. The van der Waals surface area contributed by atoms with Gasteiger partial charge in [-0.05, 0) is 48.9 Å². The van der Waals surface area contributed by atoms with E-state index in [4.69, 9.17) is 23.2 Å². The van der Waals surface area contributed by atoms with E-state index in [1.165, 1.54) is 0 Å². The van der Waals surface area contributed by atoms with Crippen LogP contribution in [0.5, 0.6) is 0 Å². The van der Waals surface area contributed by atoms with Crippen LogP contribution in [0, 0.1) is 12.8 Å². The fraction of sp³-hybridized carbons (Fsp3) is 0.222. The minimum Gasteiger partial charge on any atom is -0.326 e. The van der Waals surface area contributed by atoms with Gasteiger partial charge >= 0.3 is 0 Å². The van der Waals surface area contributed by atoms with E-state index < -0.39 is 5.92 Å². The van der Waals surface area contributed by atoms with Crippen molar-refractivity contribution in [1.82, 2.24) is 0 Å². The third kappa shape index (κ3) is 3.55. The molecule has 1 saturated heterocycles. The van der Waals surface area contributed by atoms with Crippen LogP contribution < -0.4 is 10.2 Å². The molecule has 1 aliphatic heterocycles. The summed E-state index contributed by atoms with van der Waals surface area (Å²) in [5.74, 6) is -0.647. The Labute approximate surface area is 150 Å². The van der Waals surface area contributed by atoms with Gasteiger partial charge in [0.2, 0.25) is 11.8 Å². The van der Waals surface area contributed by atoms with Crippen LogP contribution in [0.15, 0.2) is 42.5 Å². The Morgan fingerprint density at radius 1 is 1.17 bits per heavy atom. The Kier molecular flexibility index (Phi) is 4.78. The van der Waals surface area contributed by atoms with Gasteiger partial charge in [-0.15, -0.1) is 0 Å². The first kappa shape index (κ1) is 16.8. The first-order valence-corrected chi connectivity index (χ1v) is 8.32. The molecule has 1 atom stereocenters. The second-order valence-corrected chi connectivity index (χ2v) is 6.68. The fourth-order valence-electron chi connectivity index (χ4n) is 2.66. The van der Waals surface area contributed by atoms with Crippen molar-refractivity contribution in [2.75, 3.05) is 16.8 Å². The van der Waals surface area contributed by atoms with Gasteiger partial charge in [-0.2, -0.15) is 0 Å². The molecule has 24 heavy (non-hydrogen) atoms. The second-order valence-electron chi connectivity index (χ2n) is 5.84. The Balaban J connectivity index is 1.70. The molecule has 0 saturated carbocycles. The standard InChI is InChI=1S/C18H16Cl2N2O2/c1-11-2-7-15(9-16(11)20)22-10-12(8-17(22)23)18(24)21-14-5-3-13(19)4-6-14/h2-7,9,12H,8,10H2,1H3,(H,21,24)/t12-/m1/s1. The van der Waals surface area contributed by atoms with Crippen molar-refractivity contribution in [2.24, 2.45) is 5.92 Å². The Hall–Kier alpha value is -2.04. The molecule has 0 bridgehead atoms. The summed E-state index contributed by atoms with van der Waals surface area (Å²) < 4.78 is 0. The van der Waals surface area contributed by atoms with Gasteiger partial charge in [0.15, 0.2) is 0 Å². The molecule has 1 heterocycles. The lowest BCUT2D eigenvalue weighted by Crippen LogP contribution is -2.28. The largest absolute Gasteiger partial charge is 0.326 e. The minimum atomic E-state index is -0.395. The normalized spacial score (nSPS) is 17.2. The van der Waals surface area contributed by atoms with Crippen LogP contribution in [0.3, 0.4) is 0 Å². The molecule has 4 nitrogen and oxygen atoms in total. The van der Waals surface area contributed by atoms with Crippen LogP contribution >= 0.6 is 23.2 Å². The van der Waals surface area contributed by atoms with Crippen LogP contribution in [-0.4, -0.2) is 18.4 Å². The van der Waals surface area contributed by atoms with Gasteiger partial charge in [0, 0.05) is 34.4 Å². The number of nitrogens with zero attached hydrogens (tertiary/aromatic N) is 1. The number of carbonyl (C=O) groups excluding carboxylic acids is 2. The molecule has 3 rings (SSSR count). The van der Waals surface area contributed by atoms with E-state index in [0.717, 1.165) is 11.3 Å². The van der Waals surface area contributed by atoms with Gasteiger partial charge in [0.05, 0.1) is 5.92 Å². The van der Waals surface area contributed by atoms with Crippen molar-refractivity contribution in [3.05, 3.63) is 58.1 Å². The summed E-state index contributed by atoms with van der Waals surface area (Å²) in [6, 6.07) is 12.3. The predicted molar refractivity (Wildman–Crippen MR) is 96.7 cm³/mol. The van der Waals surface area contributed by atoms with Crippen molar-refractivity contribution >= 4 is 46.4 Å². The molecule has 0 unspecified atom stereocenters. The van der Waals surface area contributed by atoms with E-state index in [9.17, 15) is 9.59 Å². The summed E-state index contributed by atoms with van der Waals surface area (Å²) in [5.41, 5.74) is 2.33. The molecule has 2 amide bonds. The van der Waals surface area contributed by atoms with E-state index in [-0.39, 0.29) is 18.2 Å². The molecule has 124 valence electrons. The molecule has 1 aliphatic rings. The maximum absolute atomic E-state index is 12.4. The summed E-state index contributed by atoms with van der Waals surface area (Å²) in [7, 11) is 0. The van der Waals surface area contributed by atoms with Crippen LogP contribution in [-0.2, 0) is 9.59 Å². The lowest BCUT2D eigenvalue weighted by atomic mass is 10.1. The van der Waals surface area contributed by atoms with Crippen LogP contribution in [0.1, 0.15) is 12.0 Å². The van der Waals surface area contributed by atoms with Gasteiger partial charge in [0.25, 0.3) is 0 Å². The maximum Gasteiger partial charge on any atom is 0.229 e. The van der Waals surface area contributed by atoms with Gasteiger partial charge < -0.3 is 10.2 Å². The summed E-state index contributed by atoms with van der Waals surface area (Å²) in [5, 5.41) is 4.03. The van der Waals surface area contributed by atoms with E-state index >= 15 is 0 Å². The summed E-state index contributed by atoms with van der Waals surface area (Å²) in [6.45, 7) is 2.25. The highest BCUT2D eigenvalue weighted by Crippen LogP contribution is 2.29. The van der Waals surface area contributed by atoms with E-state index in [2.05, 4.69) is 5.32 Å². The number of benzene rings is 2. The first-order valence-electron chi connectivity index (χ1n) is 7.57. The predicted octanol–water partition coefficient (Wildman–Crippen LogP) is 4.29. The van der Waals surface area contributed by atoms with E-state index in [1.54, 1.807) is 35.2 Å². The third-order valence-corrected chi connectivity index (χ3v) is 4.73. The van der Waals surface area contributed by atoms with Crippen LogP contribution in [0.4, 0.5) is 11.4 Å². The molecule has 0 aromatic heterocycles. The molecule has 1 fully saturated rings. The first-order chi connectivity index (χ1) is 11.4. The van der Waals surface area contributed by atoms with Gasteiger partial charge in [-0.3, -0.25) is 9.59 Å². The van der Waals surface area contributed by atoms with Crippen molar-refractivity contribution < 1.29 is 9.59 Å². The Bertz CT molecular complexity index is 790. The van der Waals surface area contributed by atoms with Gasteiger partial charge in [-0.1, -0.05) is 29.3 Å². The Morgan fingerprint density at radius 2 is 1.88 bits per heavy atom. The number of anilines is 2. The molecule has 1 N–H and O–H groups in total. The zero-order valence-corrected chi connectivity index (χ0v) is 14.6. The number of hydrogen-bond donors (Lipinski definition) is 1. The molecule has 2 aromatic rings. The van der Waals surface area contributed by atoms with Crippen molar-refractivity contribution in [2.45, 2.75) is 13.3 Å². The zero-order chi connectivity index (χ0) is 17.3. The monoisotopic (exact) mass is 362 g/mol.